The molecular formula is C12H15N3O. The fourth-order valence-corrected chi connectivity index (χ4v) is 2.25. The molecule has 1 aromatic rings. The predicted molar refractivity (Wildman–Crippen MR) is 61.3 cm³/mol. The fourth-order valence-electron chi connectivity index (χ4n) is 2.25. The van der Waals surface area contributed by atoms with Gasteiger partial charge in [0.25, 0.3) is 0 Å². The molecule has 0 saturated carbocycles. The highest BCUT2D eigenvalue weighted by Crippen LogP contribution is 2.32. The first-order chi connectivity index (χ1) is 7.88. The summed E-state index contributed by atoms with van der Waals surface area (Å²) in [5, 5.41) is 3.34. The maximum absolute atomic E-state index is 5.75. The number of hydrogen-bond donors (Lipinski definition) is 2. The summed E-state index contributed by atoms with van der Waals surface area (Å²) in [6, 6.07) is 3.98. The average molecular weight is 217 g/mol. The number of rotatable bonds is 1. The molecule has 0 aliphatic carbocycles. The van der Waals surface area contributed by atoms with Crippen LogP contribution in [0.15, 0.2) is 30.6 Å². The van der Waals surface area contributed by atoms with E-state index in [1.165, 1.54) is 0 Å². The van der Waals surface area contributed by atoms with Crippen molar-refractivity contribution in [3.8, 4) is 0 Å². The van der Waals surface area contributed by atoms with Crippen LogP contribution in [0.25, 0.3) is 5.70 Å². The SMILES string of the molecule is C1=C(c2ccncc2)NOC12CCNCC2. The first-order valence-corrected chi connectivity index (χ1v) is 5.66. The van der Waals surface area contributed by atoms with Crippen LogP contribution in [0, 0.1) is 0 Å². The minimum absolute atomic E-state index is 0.107. The second-order valence-corrected chi connectivity index (χ2v) is 4.31. The molecule has 3 rings (SSSR count). The van der Waals surface area contributed by atoms with Gasteiger partial charge in [-0.15, -0.1) is 0 Å². The van der Waals surface area contributed by atoms with E-state index in [0.29, 0.717) is 0 Å². The van der Waals surface area contributed by atoms with Gasteiger partial charge in [-0.05, 0) is 44.1 Å². The van der Waals surface area contributed by atoms with E-state index in [4.69, 9.17) is 4.84 Å². The topological polar surface area (TPSA) is 46.2 Å². The van der Waals surface area contributed by atoms with Crippen molar-refractivity contribution in [3.63, 3.8) is 0 Å². The highest BCUT2D eigenvalue weighted by molar-refractivity contribution is 5.65. The quantitative estimate of drug-likeness (QED) is 0.739. The van der Waals surface area contributed by atoms with Crippen molar-refractivity contribution in [2.75, 3.05) is 13.1 Å². The molecule has 0 atom stereocenters. The molecule has 2 aliphatic heterocycles. The van der Waals surface area contributed by atoms with Crippen molar-refractivity contribution in [2.24, 2.45) is 0 Å². The minimum Gasteiger partial charge on any atom is -0.316 e. The van der Waals surface area contributed by atoms with E-state index < -0.39 is 0 Å². The van der Waals surface area contributed by atoms with Crippen LogP contribution in [0.2, 0.25) is 0 Å². The van der Waals surface area contributed by atoms with E-state index in [9.17, 15) is 0 Å². The Kier molecular flexibility index (Phi) is 2.38. The van der Waals surface area contributed by atoms with Crippen molar-refractivity contribution in [2.45, 2.75) is 18.4 Å². The zero-order valence-electron chi connectivity index (χ0n) is 9.07. The predicted octanol–water partition coefficient (Wildman–Crippen LogP) is 1.08. The van der Waals surface area contributed by atoms with E-state index in [2.05, 4.69) is 21.9 Å². The normalized spacial score (nSPS) is 22.9. The monoisotopic (exact) mass is 217 g/mol. The Morgan fingerprint density at radius 2 is 1.94 bits per heavy atom. The minimum atomic E-state index is -0.107. The molecule has 1 saturated heterocycles. The van der Waals surface area contributed by atoms with Crippen LogP contribution in [-0.2, 0) is 4.84 Å². The number of piperidine rings is 1. The molecule has 84 valence electrons. The van der Waals surface area contributed by atoms with Gasteiger partial charge < -0.3 is 5.32 Å². The first-order valence-electron chi connectivity index (χ1n) is 5.66. The standard InChI is InChI=1S/C12H15N3O/c1-5-13-6-2-10(1)11-9-12(16-15-11)3-7-14-8-4-12/h1-2,5-6,9,14-15H,3-4,7-8H2. The highest BCUT2D eigenvalue weighted by atomic mass is 16.7. The second kappa shape index (κ2) is 3.88. The van der Waals surface area contributed by atoms with Gasteiger partial charge in [0.1, 0.15) is 5.60 Å². The highest BCUT2D eigenvalue weighted by Gasteiger charge is 2.36. The lowest BCUT2D eigenvalue weighted by Gasteiger charge is -2.29. The van der Waals surface area contributed by atoms with Crippen LogP contribution in [0.4, 0.5) is 0 Å². The molecule has 0 aromatic carbocycles. The molecule has 0 radical (unpaired) electrons. The Balaban J connectivity index is 1.86. The largest absolute Gasteiger partial charge is 0.316 e. The second-order valence-electron chi connectivity index (χ2n) is 4.31. The van der Waals surface area contributed by atoms with Crippen LogP contribution < -0.4 is 10.8 Å². The van der Waals surface area contributed by atoms with Crippen molar-refractivity contribution >= 4 is 5.70 Å². The number of nitrogens with one attached hydrogen (secondary N) is 2. The molecule has 0 amide bonds. The molecule has 0 unspecified atom stereocenters. The smallest absolute Gasteiger partial charge is 0.119 e. The lowest BCUT2D eigenvalue weighted by molar-refractivity contribution is -0.0515. The number of hydroxylamine groups is 1. The lowest BCUT2D eigenvalue weighted by atomic mass is 9.91. The Bertz CT molecular complexity index is 396. The Morgan fingerprint density at radius 1 is 1.19 bits per heavy atom. The number of nitrogens with zero attached hydrogens (tertiary/aromatic N) is 1. The van der Waals surface area contributed by atoms with Gasteiger partial charge in [0, 0.05) is 18.0 Å². The molecule has 4 nitrogen and oxygen atoms in total. The molecule has 2 aliphatic rings. The van der Waals surface area contributed by atoms with Gasteiger partial charge in [-0.1, -0.05) is 0 Å². The molecule has 0 bridgehead atoms. The van der Waals surface area contributed by atoms with Crippen molar-refractivity contribution in [1.29, 1.82) is 0 Å². The molecule has 2 N–H and O–H groups in total. The van der Waals surface area contributed by atoms with Crippen molar-refractivity contribution in [3.05, 3.63) is 36.2 Å². The van der Waals surface area contributed by atoms with Crippen LogP contribution in [0.1, 0.15) is 18.4 Å². The summed E-state index contributed by atoms with van der Waals surface area (Å²) < 4.78 is 0. The number of hydrogen-bond acceptors (Lipinski definition) is 4. The third kappa shape index (κ3) is 1.70. The number of aromatic nitrogens is 1. The Hall–Kier alpha value is -1.39. The summed E-state index contributed by atoms with van der Waals surface area (Å²) in [5.74, 6) is 0. The zero-order valence-corrected chi connectivity index (χ0v) is 9.07. The molecule has 1 spiro atoms. The van der Waals surface area contributed by atoms with E-state index in [1.54, 1.807) is 12.4 Å². The third-order valence-electron chi connectivity index (χ3n) is 3.21. The van der Waals surface area contributed by atoms with Gasteiger partial charge >= 0.3 is 0 Å². The van der Waals surface area contributed by atoms with Crippen LogP contribution in [0.5, 0.6) is 0 Å². The van der Waals surface area contributed by atoms with E-state index >= 15 is 0 Å². The molecule has 16 heavy (non-hydrogen) atoms. The maximum atomic E-state index is 5.75. The molecule has 1 fully saturated rings. The van der Waals surface area contributed by atoms with E-state index in [1.807, 2.05) is 12.1 Å². The van der Waals surface area contributed by atoms with E-state index in [0.717, 1.165) is 37.2 Å². The van der Waals surface area contributed by atoms with Gasteiger partial charge in [-0.2, -0.15) is 0 Å². The fraction of sp³-hybridized carbons (Fsp3) is 0.417. The molecule has 1 aromatic heterocycles. The van der Waals surface area contributed by atoms with E-state index in [-0.39, 0.29) is 5.60 Å². The summed E-state index contributed by atoms with van der Waals surface area (Å²) in [5.41, 5.74) is 5.12. The molecule has 3 heterocycles. The Labute approximate surface area is 94.7 Å². The number of pyridine rings is 1. The summed E-state index contributed by atoms with van der Waals surface area (Å²) in [6.45, 7) is 2.03. The Morgan fingerprint density at radius 3 is 2.69 bits per heavy atom. The lowest BCUT2D eigenvalue weighted by Crippen LogP contribution is -2.41. The summed E-state index contributed by atoms with van der Waals surface area (Å²) in [4.78, 5) is 9.76. The first kappa shape index (κ1) is 9.81. The van der Waals surface area contributed by atoms with Crippen LogP contribution in [-0.4, -0.2) is 23.7 Å². The van der Waals surface area contributed by atoms with Crippen LogP contribution in [0.3, 0.4) is 0 Å². The maximum Gasteiger partial charge on any atom is 0.119 e. The average Bonchev–Trinajstić information content (AvgIpc) is 2.75. The summed E-state index contributed by atoms with van der Waals surface area (Å²) in [6.07, 6.45) is 7.85. The molecule has 4 heteroatoms. The van der Waals surface area contributed by atoms with Gasteiger partial charge in [0.05, 0.1) is 5.70 Å². The van der Waals surface area contributed by atoms with Crippen LogP contribution >= 0.6 is 0 Å². The van der Waals surface area contributed by atoms with Gasteiger partial charge in [0.2, 0.25) is 0 Å². The van der Waals surface area contributed by atoms with Gasteiger partial charge in [-0.3, -0.25) is 15.3 Å². The van der Waals surface area contributed by atoms with Crippen molar-refractivity contribution in [1.82, 2.24) is 15.8 Å². The summed E-state index contributed by atoms with van der Waals surface area (Å²) in [7, 11) is 0. The third-order valence-corrected chi connectivity index (χ3v) is 3.21. The van der Waals surface area contributed by atoms with Crippen molar-refractivity contribution < 1.29 is 4.84 Å². The molecular weight excluding hydrogens is 202 g/mol. The van der Waals surface area contributed by atoms with Gasteiger partial charge in [-0.25, -0.2) is 0 Å². The van der Waals surface area contributed by atoms with Gasteiger partial charge in [0.15, 0.2) is 0 Å². The summed E-state index contributed by atoms with van der Waals surface area (Å²) >= 11 is 0. The zero-order chi connectivity index (χ0) is 10.8.